The number of anilines is 1. The van der Waals surface area contributed by atoms with E-state index in [9.17, 15) is 9.90 Å². The summed E-state index contributed by atoms with van der Waals surface area (Å²) in [5.74, 6) is 1.96. The smallest absolute Gasteiger partial charge is 0.220 e. The molecule has 7 heteroatoms. The number of hydrogen-bond acceptors (Lipinski definition) is 4. The summed E-state index contributed by atoms with van der Waals surface area (Å²) in [5.41, 5.74) is 0.889. The van der Waals surface area contributed by atoms with Crippen LogP contribution in [0.2, 0.25) is 0 Å². The topological polar surface area (TPSA) is 80.2 Å². The Morgan fingerprint density at radius 1 is 1.10 bits per heavy atom. The zero-order chi connectivity index (χ0) is 21.2. The first-order chi connectivity index (χ1) is 14.7. The Balaban J connectivity index is 1.43. The first-order valence-electron chi connectivity index (χ1n) is 11.5. The molecule has 1 aromatic rings. The average Bonchev–Trinajstić information content (AvgIpc) is 2.77. The number of phenols is 1. The lowest BCUT2D eigenvalue weighted by atomic mass is 9.87. The lowest BCUT2D eigenvalue weighted by Gasteiger charge is -2.37. The first kappa shape index (κ1) is 22.2. The molecule has 2 fully saturated rings. The maximum Gasteiger partial charge on any atom is 0.220 e. The van der Waals surface area contributed by atoms with Crippen LogP contribution in [-0.4, -0.2) is 67.7 Å². The standard InChI is InChI=1S/C23H37N5O2/c1-2-24-23(26-13-12-25-22(30)18-19-8-4-3-5-9-19)28-16-14-27(15-17-28)20-10-6-7-11-21(20)29/h6-7,10-11,19,29H,2-5,8-9,12-18H2,1H3,(H,24,26)(H,25,30). The highest BCUT2D eigenvalue weighted by atomic mass is 16.3. The Labute approximate surface area is 180 Å². The van der Waals surface area contributed by atoms with Crippen molar-refractivity contribution >= 4 is 17.6 Å². The van der Waals surface area contributed by atoms with Crippen molar-refractivity contribution in [2.45, 2.75) is 45.4 Å². The number of nitrogens with zero attached hydrogens (tertiary/aromatic N) is 3. The highest BCUT2D eigenvalue weighted by molar-refractivity contribution is 5.80. The molecule has 3 rings (SSSR count). The summed E-state index contributed by atoms with van der Waals surface area (Å²) in [4.78, 5) is 21.4. The molecule has 0 aromatic heterocycles. The number of aliphatic imine (C=N–C) groups is 1. The van der Waals surface area contributed by atoms with Crippen molar-refractivity contribution in [3.8, 4) is 5.75 Å². The van der Waals surface area contributed by atoms with Gasteiger partial charge in [-0.25, -0.2) is 0 Å². The monoisotopic (exact) mass is 415 g/mol. The Morgan fingerprint density at radius 2 is 1.83 bits per heavy atom. The predicted molar refractivity (Wildman–Crippen MR) is 122 cm³/mol. The molecule has 1 aliphatic carbocycles. The molecule has 0 atom stereocenters. The van der Waals surface area contributed by atoms with Gasteiger partial charge in [0.2, 0.25) is 5.91 Å². The van der Waals surface area contributed by atoms with Gasteiger partial charge in [-0.15, -0.1) is 0 Å². The molecule has 1 saturated heterocycles. The number of para-hydroxylation sites is 2. The van der Waals surface area contributed by atoms with E-state index in [2.05, 4.69) is 27.4 Å². The molecule has 1 heterocycles. The van der Waals surface area contributed by atoms with E-state index >= 15 is 0 Å². The molecule has 3 N–H and O–H groups in total. The molecule has 0 bridgehead atoms. The number of phenolic OH excluding ortho intramolecular Hbond substituents is 1. The normalized spacial score (nSPS) is 18.4. The van der Waals surface area contributed by atoms with E-state index < -0.39 is 0 Å². The van der Waals surface area contributed by atoms with Crippen LogP contribution >= 0.6 is 0 Å². The van der Waals surface area contributed by atoms with Gasteiger partial charge in [0.25, 0.3) is 0 Å². The highest BCUT2D eigenvalue weighted by Gasteiger charge is 2.21. The van der Waals surface area contributed by atoms with Crippen LogP contribution in [0.3, 0.4) is 0 Å². The summed E-state index contributed by atoms with van der Waals surface area (Å²) < 4.78 is 0. The molecule has 1 amide bonds. The molecule has 1 aromatic carbocycles. The number of hydrogen-bond donors (Lipinski definition) is 3. The number of aromatic hydroxyl groups is 1. The fourth-order valence-electron chi connectivity index (χ4n) is 4.40. The second kappa shape index (κ2) is 11.7. The Bertz CT molecular complexity index is 695. The van der Waals surface area contributed by atoms with Crippen LogP contribution in [0.1, 0.15) is 45.4 Å². The number of carbonyl (C=O) groups excluding carboxylic acids is 1. The molecular weight excluding hydrogens is 378 g/mol. The minimum absolute atomic E-state index is 0.165. The molecular formula is C23H37N5O2. The lowest BCUT2D eigenvalue weighted by Crippen LogP contribution is -2.52. The molecule has 0 unspecified atom stereocenters. The summed E-state index contributed by atoms with van der Waals surface area (Å²) in [6.07, 6.45) is 6.92. The molecule has 30 heavy (non-hydrogen) atoms. The van der Waals surface area contributed by atoms with Gasteiger partial charge in [0.05, 0.1) is 12.2 Å². The largest absolute Gasteiger partial charge is 0.506 e. The fraction of sp³-hybridized carbons (Fsp3) is 0.652. The third-order valence-electron chi connectivity index (χ3n) is 6.03. The Hall–Kier alpha value is -2.44. The van der Waals surface area contributed by atoms with E-state index in [0.717, 1.165) is 44.4 Å². The van der Waals surface area contributed by atoms with Crippen molar-refractivity contribution in [2.75, 3.05) is 50.7 Å². The zero-order valence-corrected chi connectivity index (χ0v) is 18.3. The number of rotatable bonds is 7. The predicted octanol–water partition coefficient (Wildman–Crippen LogP) is 2.57. The van der Waals surface area contributed by atoms with Crippen LogP contribution in [0.4, 0.5) is 5.69 Å². The van der Waals surface area contributed by atoms with Crippen molar-refractivity contribution in [2.24, 2.45) is 10.9 Å². The SMILES string of the molecule is CCNC(=NCCNC(=O)CC1CCCCC1)N1CCN(c2ccccc2O)CC1. The quantitative estimate of drug-likeness (QED) is 0.362. The van der Waals surface area contributed by atoms with Crippen LogP contribution in [0.15, 0.2) is 29.3 Å². The molecule has 166 valence electrons. The van der Waals surface area contributed by atoms with Crippen LogP contribution in [0.25, 0.3) is 0 Å². The summed E-state index contributed by atoms with van der Waals surface area (Å²) in [6, 6.07) is 7.49. The van der Waals surface area contributed by atoms with E-state index in [1.165, 1.54) is 32.1 Å². The van der Waals surface area contributed by atoms with Gasteiger partial charge in [0, 0.05) is 45.7 Å². The van der Waals surface area contributed by atoms with Gasteiger partial charge in [-0.1, -0.05) is 31.4 Å². The lowest BCUT2D eigenvalue weighted by molar-refractivity contribution is -0.122. The maximum atomic E-state index is 12.2. The molecule has 0 radical (unpaired) electrons. The van der Waals surface area contributed by atoms with Crippen molar-refractivity contribution < 1.29 is 9.90 Å². The number of piperazine rings is 1. The van der Waals surface area contributed by atoms with Crippen molar-refractivity contribution in [1.82, 2.24) is 15.5 Å². The summed E-state index contributed by atoms with van der Waals surface area (Å²) in [6.45, 7) is 7.39. The van der Waals surface area contributed by atoms with Crippen LogP contribution in [0.5, 0.6) is 5.75 Å². The fourth-order valence-corrected chi connectivity index (χ4v) is 4.40. The number of nitrogens with one attached hydrogen (secondary N) is 2. The van der Waals surface area contributed by atoms with Crippen molar-refractivity contribution in [1.29, 1.82) is 0 Å². The van der Waals surface area contributed by atoms with E-state index in [-0.39, 0.29) is 5.91 Å². The number of carbonyl (C=O) groups is 1. The van der Waals surface area contributed by atoms with Crippen LogP contribution < -0.4 is 15.5 Å². The molecule has 1 aliphatic heterocycles. The summed E-state index contributed by atoms with van der Waals surface area (Å²) in [7, 11) is 0. The minimum atomic E-state index is 0.165. The Morgan fingerprint density at radius 3 is 2.53 bits per heavy atom. The Kier molecular flexibility index (Phi) is 8.66. The van der Waals surface area contributed by atoms with E-state index in [1.807, 2.05) is 18.2 Å². The molecule has 0 spiro atoms. The van der Waals surface area contributed by atoms with Gasteiger partial charge in [-0.05, 0) is 37.8 Å². The minimum Gasteiger partial charge on any atom is -0.506 e. The molecule has 2 aliphatic rings. The second-order valence-electron chi connectivity index (χ2n) is 8.26. The van der Waals surface area contributed by atoms with Crippen LogP contribution in [0, 0.1) is 5.92 Å². The second-order valence-corrected chi connectivity index (χ2v) is 8.26. The zero-order valence-electron chi connectivity index (χ0n) is 18.3. The van der Waals surface area contributed by atoms with E-state index in [0.29, 0.717) is 31.2 Å². The van der Waals surface area contributed by atoms with E-state index in [4.69, 9.17) is 4.99 Å². The van der Waals surface area contributed by atoms with Gasteiger partial charge >= 0.3 is 0 Å². The molecule has 1 saturated carbocycles. The third kappa shape index (κ3) is 6.54. The summed E-state index contributed by atoms with van der Waals surface area (Å²) >= 11 is 0. The number of amides is 1. The number of guanidine groups is 1. The third-order valence-corrected chi connectivity index (χ3v) is 6.03. The number of benzene rings is 1. The molecule has 7 nitrogen and oxygen atoms in total. The van der Waals surface area contributed by atoms with Crippen molar-refractivity contribution in [3.05, 3.63) is 24.3 Å². The van der Waals surface area contributed by atoms with E-state index in [1.54, 1.807) is 6.07 Å². The van der Waals surface area contributed by atoms with Gasteiger partial charge in [0.15, 0.2) is 5.96 Å². The van der Waals surface area contributed by atoms with Crippen LogP contribution in [-0.2, 0) is 4.79 Å². The van der Waals surface area contributed by atoms with Gasteiger partial charge in [-0.2, -0.15) is 0 Å². The highest BCUT2D eigenvalue weighted by Crippen LogP contribution is 2.27. The average molecular weight is 416 g/mol. The van der Waals surface area contributed by atoms with Gasteiger partial charge in [0.1, 0.15) is 5.75 Å². The first-order valence-corrected chi connectivity index (χ1v) is 11.5. The van der Waals surface area contributed by atoms with Crippen molar-refractivity contribution in [3.63, 3.8) is 0 Å². The van der Waals surface area contributed by atoms with Gasteiger partial charge < -0.3 is 25.5 Å². The summed E-state index contributed by atoms with van der Waals surface area (Å²) in [5, 5.41) is 16.5. The maximum absolute atomic E-state index is 12.2. The van der Waals surface area contributed by atoms with Gasteiger partial charge in [-0.3, -0.25) is 9.79 Å².